The highest BCUT2D eigenvalue weighted by Gasteiger charge is 2.41. The third-order valence-electron chi connectivity index (χ3n) is 9.90. The SMILES string of the molecule is CN1CCC(Cc2ccccc2)(N2CCN(C(=O)[C@@H](Cc3ccc(Cl)cc3)NC(=O)CC3NCc4ccccc43)CC2)CC1. The molecule has 3 aliphatic rings. The first-order chi connectivity index (χ1) is 21.4. The molecule has 3 aromatic rings. The monoisotopic (exact) mass is 613 g/mol. The van der Waals surface area contributed by atoms with Crippen molar-refractivity contribution in [2.24, 2.45) is 0 Å². The van der Waals surface area contributed by atoms with Crippen LogP contribution in [0, 0.1) is 0 Å². The lowest BCUT2D eigenvalue weighted by molar-refractivity contribution is -0.139. The van der Waals surface area contributed by atoms with Crippen LogP contribution in [0.4, 0.5) is 0 Å². The molecule has 2 amide bonds. The van der Waals surface area contributed by atoms with Crippen LogP contribution in [-0.4, -0.2) is 84.4 Å². The van der Waals surface area contributed by atoms with E-state index in [-0.39, 0.29) is 23.4 Å². The van der Waals surface area contributed by atoms with E-state index in [0.717, 1.165) is 63.1 Å². The summed E-state index contributed by atoms with van der Waals surface area (Å²) in [6.07, 6.45) is 4.01. The number of amides is 2. The Morgan fingerprint density at radius 1 is 0.886 bits per heavy atom. The minimum Gasteiger partial charge on any atom is -0.344 e. The zero-order chi connectivity index (χ0) is 30.5. The van der Waals surface area contributed by atoms with Crippen LogP contribution in [0.2, 0.25) is 5.02 Å². The molecular weight excluding hydrogens is 570 g/mol. The molecule has 8 heteroatoms. The van der Waals surface area contributed by atoms with Gasteiger partial charge in [0.25, 0.3) is 0 Å². The smallest absolute Gasteiger partial charge is 0.245 e. The van der Waals surface area contributed by atoms with Crippen molar-refractivity contribution in [1.82, 2.24) is 25.3 Å². The molecule has 3 aliphatic heterocycles. The van der Waals surface area contributed by atoms with Gasteiger partial charge in [-0.2, -0.15) is 0 Å². The molecule has 0 saturated carbocycles. The number of piperazine rings is 1. The normalized spacial score (nSPS) is 21.0. The number of piperidine rings is 1. The second-order valence-corrected chi connectivity index (χ2v) is 13.2. The number of fused-ring (bicyclic) bond motifs is 1. The first-order valence-electron chi connectivity index (χ1n) is 16.0. The van der Waals surface area contributed by atoms with Crippen LogP contribution >= 0.6 is 11.6 Å². The highest BCUT2D eigenvalue weighted by Crippen LogP contribution is 2.33. The van der Waals surface area contributed by atoms with Gasteiger partial charge in [0.1, 0.15) is 6.04 Å². The van der Waals surface area contributed by atoms with Crippen LogP contribution in [-0.2, 0) is 29.0 Å². The van der Waals surface area contributed by atoms with E-state index >= 15 is 0 Å². The van der Waals surface area contributed by atoms with Crippen molar-refractivity contribution in [3.63, 3.8) is 0 Å². The number of hydrogen-bond acceptors (Lipinski definition) is 5. The Morgan fingerprint density at radius 3 is 2.30 bits per heavy atom. The molecule has 7 nitrogen and oxygen atoms in total. The summed E-state index contributed by atoms with van der Waals surface area (Å²) in [6.45, 7) is 5.93. The van der Waals surface area contributed by atoms with Gasteiger partial charge in [-0.05, 0) is 73.8 Å². The molecule has 0 bridgehead atoms. The summed E-state index contributed by atoms with van der Waals surface area (Å²) in [5.74, 6) is -0.119. The molecule has 0 radical (unpaired) electrons. The molecule has 0 aromatic heterocycles. The highest BCUT2D eigenvalue weighted by atomic mass is 35.5. The van der Waals surface area contributed by atoms with E-state index in [2.05, 4.69) is 69.9 Å². The average Bonchev–Trinajstić information content (AvgIpc) is 3.45. The number of nitrogens with one attached hydrogen (secondary N) is 2. The molecule has 2 saturated heterocycles. The van der Waals surface area contributed by atoms with Crippen molar-refractivity contribution in [1.29, 1.82) is 0 Å². The van der Waals surface area contributed by atoms with E-state index < -0.39 is 6.04 Å². The van der Waals surface area contributed by atoms with Crippen LogP contribution in [0.5, 0.6) is 0 Å². The van der Waals surface area contributed by atoms with E-state index in [1.54, 1.807) is 0 Å². The fourth-order valence-corrected chi connectivity index (χ4v) is 7.42. The Morgan fingerprint density at radius 2 is 1.57 bits per heavy atom. The van der Waals surface area contributed by atoms with Crippen LogP contribution in [0.25, 0.3) is 0 Å². The van der Waals surface area contributed by atoms with E-state index in [1.807, 2.05) is 41.3 Å². The molecule has 6 rings (SSSR count). The summed E-state index contributed by atoms with van der Waals surface area (Å²) in [5.41, 5.74) is 4.85. The molecule has 232 valence electrons. The molecular formula is C36H44ClN5O2. The number of nitrogens with zero attached hydrogens (tertiary/aromatic N) is 3. The number of rotatable bonds is 9. The van der Waals surface area contributed by atoms with Crippen molar-refractivity contribution in [2.75, 3.05) is 46.3 Å². The molecule has 0 spiro atoms. The average molecular weight is 614 g/mol. The predicted molar refractivity (Wildman–Crippen MR) is 175 cm³/mol. The first kappa shape index (κ1) is 30.8. The summed E-state index contributed by atoms with van der Waals surface area (Å²) < 4.78 is 0. The number of hydrogen-bond donors (Lipinski definition) is 2. The van der Waals surface area contributed by atoms with Crippen LogP contribution < -0.4 is 10.6 Å². The minimum absolute atomic E-state index is 0.00628. The number of halogens is 1. The summed E-state index contributed by atoms with van der Waals surface area (Å²) in [7, 11) is 2.21. The zero-order valence-electron chi connectivity index (χ0n) is 25.7. The second-order valence-electron chi connectivity index (χ2n) is 12.8. The molecule has 3 aromatic carbocycles. The molecule has 1 unspecified atom stereocenters. The number of likely N-dealkylation sites (tertiary alicyclic amines) is 1. The first-order valence-corrected chi connectivity index (χ1v) is 16.4. The Balaban J connectivity index is 1.13. The predicted octanol–water partition coefficient (Wildman–Crippen LogP) is 4.45. The Labute approximate surface area is 266 Å². The fraction of sp³-hybridized carbons (Fsp3) is 0.444. The number of carbonyl (C=O) groups is 2. The van der Waals surface area contributed by atoms with Gasteiger partial charge in [-0.1, -0.05) is 78.3 Å². The topological polar surface area (TPSA) is 67.9 Å². The van der Waals surface area contributed by atoms with Gasteiger partial charge in [0.15, 0.2) is 0 Å². The highest BCUT2D eigenvalue weighted by molar-refractivity contribution is 6.30. The molecule has 2 fully saturated rings. The van der Waals surface area contributed by atoms with Gasteiger partial charge in [0.2, 0.25) is 11.8 Å². The Kier molecular flexibility index (Phi) is 9.67. The van der Waals surface area contributed by atoms with E-state index in [1.165, 1.54) is 11.1 Å². The van der Waals surface area contributed by atoms with Gasteiger partial charge < -0.3 is 20.4 Å². The molecule has 2 N–H and O–H groups in total. The summed E-state index contributed by atoms with van der Waals surface area (Å²) >= 11 is 6.14. The summed E-state index contributed by atoms with van der Waals surface area (Å²) in [6, 6.07) is 25.9. The van der Waals surface area contributed by atoms with Crippen LogP contribution in [0.3, 0.4) is 0 Å². The molecule has 0 aliphatic carbocycles. The minimum atomic E-state index is -0.631. The number of carbonyl (C=O) groups excluding carboxylic acids is 2. The fourth-order valence-electron chi connectivity index (χ4n) is 7.29. The van der Waals surface area contributed by atoms with Crippen LogP contribution in [0.1, 0.15) is 47.6 Å². The maximum absolute atomic E-state index is 14.1. The van der Waals surface area contributed by atoms with Gasteiger partial charge in [-0.3, -0.25) is 14.5 Å². The largest absolute Gasteiger partial charge is 0.344 e. The van der Waals surface area contributed by atoms with Gasteiger partial charge in [-0.25, -0.2) is 0 Å². The van der Waals surface area contributed by atoms with Crippen molar-refractivity contribution in [3.05, 3.63) is 106 Å². The van der Waals surface area contributed by atoms with Crippen molar-refractivity contribution >= 4 is 23.4 Å². The van der Waals surface area contributed by atoms with Crippen LogP contribution in [0.15, 0.2) is 78.9 Å². The summed E-state index contributed by atoms with van der Waals surface area (Å²) in [4.78, 5) is 34.5. The third kappa shape index (κ3) is 7.18. The van der Waals surface area contributed by atoms with Gasteiger partial charge in [0.05, 0.1) is 0 Å². The second kappa shape index (κ2) is 13.8. The van der Waals surface area contributed by atoms with Crippen molar-refractivity contribution < 1.29 is 9.59 Å². The van der Waals surface area contributed by atoms with E-state index in [4.69, 9.17) is 11.6 Å². The van der Waals surface area contributed by atoms with Gasteiger partial charge in [0, 0.05) is 62.2 Å². The zero-order valence-corrected chi connectivity index (χ0v) is 26.4. The van der Waals surface area contributed by atoms with E-state index in [0.29, 0.717) is 31.0 Å². The standard InChI is InChI=1S/C36H44ClN5O2/c1-40-17-15-36(16-18-40,25-28-7-3-2-4-8-28)42-21-19-41(20-22-42)35(44)33(23-27-11-13-30(37)14-12-27)39-34(43)24-32-31-10-6-5-9-29(31)26-38-32/h2-14,32-33,38H,15-26H2,1H3,(H,39,43)/t32?,33-/m1/s1. The van der Waals surface area contributed by atoms with Crippen molar-refractivity contribution in [2.45, 2.75) is 56.3 Å². The van der Waals surface area contributed by atoms with Crippen molar-refractivity contribution in [3.8, 4) is 0 Å². The maximum atomic E-state index is 14.1. The molecule has 3 heterocycles. The molecule has 44 heavy (non-hydrogen) atoms. The lowest BCUT2D eigenvalue weighted by Crippen LogP contribution is -2.63. The van der Waals surface area contributed by atoms with Gasteiger partial charge >= 0.3 is 0 Å². The number of benzene rings is 3. The third-order valence-corrected chi connectivity index (χ3v) is 10.2. The maximum Gasteiger partial charge on any atom is 0.245 e. The Hall–Kier alpha value is -3.23. The molecule has 2 atom stereocenters. The summed E-state index contributed by atoms with van der Waals surface area (Å²) in [5, 5.41) is 7.24. The lowest BCUT2D eigenvalue weighted by Gasteiger charge is -2.51. The van der Waals surface area contributed by atoms with E-state index in [9.17, 15) is 9.59 Å². The van der Waals surface area contributed by atoms with Gasteiger partial charge in [-0.15, -0.1) is 0 Å². The quantitative estimate of drug-likeness (QED) is 0.373. The Bertz CT molecular complexity index is 1420. The lowest BCUT2D eigenvalue weighted by atomic mass is 9.80.